The molecule has 0 amide bonds. The average Bonchev–Trinajstić information content (AvgIpc) is 1.87. The van der Waals surface area contributed by atoms with Crippen LogP contribution >= 0.6 is 0 Å². The van der Waals surface area contributed by atoms with Crippen LogP contribution in [0.25, 0.3) is 0 Å². The maximum absolute atomic E-state index is 4.04. The predicted octanol–water partition coefficient (Wildman–Crippen LogP) is 2.77. The smallest absolute Gasteiger partial charge is 0.0105 e. The van der Waals surface area contributed by atoms with Gasteiger partial charge in [0.25, 0.3) is 0 Å². The molecule has 3 rings (SSSR count). The number of fused-ring (bicyclic) bond motifs is 1. The minimum atomic E-state index is 0.520. The monoisotopic (exact) mass is 134 g/mol. The van der Waals surface area contributed by atoms with Crippen molar-refractivity contribution in [1.82, 2.24) is 0 Å². The summed E-state index contributed by atoms with van der Waals surface area (Å²) < 4.78 is 0. The topological polar surface area (TPSA) is 0 Å². The van der Waals surface area contributed by atoms with Crippen molar-refractivity contribution in [3.8, 4) is 0 Å². The number of hydrogen-bond acceptors (Lipinski definition) is 0. The Morgan fingerprint density at radius 3 is 2.60 bits per heavy atom. The molecule has 3 aliphatic carbocycles. The van der Waals surface area contributed by atoms with Crippen molar-refractivity contribution < 1.29 is 0 Å². The Kier molecular flexibility index (Phi) is 0.964. The summed E-state index contributed by atoms with van der Waals surface area (Å²) in [5.41, 5.74) is 1.86. The Hall–Kier alpha value is -0.520. The van der Waals surface area contributed by atoms with E-state index in [1.807, 2.05) is 0 Å². The minimum Gasteiger partial charge on any atom is -0.0955 e. The Morgan fingerprint density at radius 2 is 2.30 bits per heavy atom. The lowest BCUT2D eigenvalue weighted by atomic mass is 9.50. The molecule has 1 saturated carbocycles. The van der Waals surface area contributed by atoms with Gasteiger partial charge in [-0.3, -0.25) is 0 Å². The highest BCUT2D eigenvalue weighted by Gasteiger charge is 2.49. The Morgan fingerprint density at radius 1 is 1.60 bits per heavy atom. The van der Waals surface area contributed by atoms with Crippen LogP contribution in [0.4, 0.5) is 0 Å². The molecule has 3 aliphatic rings. The maximum Gasteiger partial charge on any atom is -0.0105 e. The second-order valence-corrected chi connectivity index (χ2v) is 4.15. The third-order valence-corrected chi connectivity index (χ3v) is 3.33. The van der Waals surface area contributed by atoms with E-state index in [1.165, 1.54) is 12.0 Å². The number of hydrogen-bond donors (Lipinski definition) is 0. The SMILES string of the molecule is C=C1C=C[C@@H]2C[C@H]1C2(C)C. The highest BCUT2D eigenvalue weighted by Crippen LogP contribution is 2.57. The van der Waals surface area contributed by atoms with E-state index in [0.717, 1.165) is 11.8 Å². The first-order valence-corrected chi connectivity index (χ1v) is 3.99. The van der Waals surface area contributed by atoms with Crippen LogP contribution in [0.5, 0.6) is 0 Å². The summed E-state index contributed by atoms with van der Waals surface area (Å²) in [5, 5.41) is 0. The molecule has 0 aromatic heterocycles. The molecule has 1 fully saturated rings. The zero-order valence-corrected chi connectivity index (χ0v) is 6.72. The van der Waals surface area contributed by atoms with Crippen LogP contribution in [0.2, 0.25) is 0 Å². The number of rotatable bonds is 0. The Balaban J connectivity index is 2.37. The van der Waals surface area contributed by atoms with E-state index >= 15 is 0 Å². The zero-order chi connectivity index (χ0) is 7.35. The maximum atomic E-state index is 4.04. The summed E-state index contributed by atoms with van der Waals surface area (Å²) in [7, 11) is 0. The third kappa shape index (κ3) is 0.524. The van der Waals surface area contributed by atoms with Crippen LogP contribution in [0, 0.1) is 17.3 Å². The molecule has 0 nitrogen and oxygen atoms in total. The molecular weight excluding hydrogens is 120 g/mol. The highest BCUT2D eigenvalue weighted by molar-refractivity contribution is 5.32. The lowest BCUT2D eigenvalue weighted by Gasteiger charge is -2.54. The van der Waals surface area contributed by atoms with E-state index in [1.54, 1.807) is 0 Å². The molecule has 0 N–H and O–H groups in total. The molecule has 0 aliphatic heterocycles. The molecule has 0 heterocycles. The van der Waals surface area contributed by atoms with Crippen molar-refractivity contribution in [1.29, 1.82) is 0 Å². The molecule has 0 spiro atoms. The second kappa shape index (κ2) is 1.55. The van der Waals surface area contributed by atoms with E-state index < -0.39 is 0 Å². The molecular formula is C10H14. The van der Waals surface area contributed by atoms with Crippen molar-refractivity contribution in [2.75, 3.05) is 0 Å². The molecule has 0 heteroatoms. The van der Waals surface area contributed by atoms with Gasteiger partial charge in [-0.15, -0.1) is 0 Å². The Labute approximate surface area is 62.6 Å². The summed E-state index contributed by atoms with van der Waals surface area (Å²) in [5.74, 6) is 1.62. The fourth-order valence-electron chi connectivity index (χ4n) is 2.27. The van der Waals surface area contributed by atoms with Crippen molar-refractivity contribution >= 4 is 0 Å². The first kappa shape index (κ1) is 6.21. The first-order chi connectivity index (χ1) is 4.62. The molecule has 0 unspecified atom stereocenters. The van der Waals surface area contributed by atoms with Gasteiger partial charge in [0, 0.05) is 0 Å². The molecule has 0 radical (unpaired) electrons. The van der Waals surface area contributed by atoms with Gasteiger partial charge in [-0.2, -0.15) is 0 Å². The van der Waals surface area contributed by atoms with Gasteiger partial charge in [-0.05, 0) is 23.7 Å². The highest BCUT2D eigenvalue weighted by atomic mass is 14.5. The van der Waals surface area contributed by atoms with E-state index in [-0.39, 0.29) is 0 Å². The molecule has 0 aromatic rings. The molecule has 2 bridgehead atoms. The van der Waals surface area contributed by atoms with E-state index in [4.69, 9.17) is 0 Å². The Bertz CT molecular complexity index is 208. The lowest BCUT2D eigenvalue weighted by Crippen LogP contribution is -2.46. The predicted molar refractivity (Wildman–Crippen MR) is 43.7 cm³/mol. The zero-order valence-electron chi connectivity index (χ0n) is 6.72. The van der Waals surface area contributed by atoms with Crippen molar-refractivity contribution in [3.63, 3.8) is 0 Å². The quantitative estimate of drug-likeness (QED) is 0.478. The summed E-state index contributed by atoms with van der Waals surface area (Å²) in [6.45, 7) is 8.74. The van der Waals surface area contributed by atoms with Crippen LogP contribution in [-0.4, -0.2) is 0 Å². The van der Waals surface area contributed by atoms with Crippen LogP contribution in [-0.2, 0) is 0 Å². The third-order valence-electron chi connectivity index (χ3n) is 3.33. The molecule has 0 saturated heterocycles. The summed E-state index contributed by atoms with van der Waals surface area (Å²) in [6, 6.07) is 0. The molecule has 0 aromatic carbocycles. The fraction of sp³-hybridized carbons (Fsp3) is 0.600. The summed E-state index contributed by atoms with van der Waals surface area (Å²) in [4.78, 5) is 0. The van der Waals surface area contributed by atoms with Crippen molar-refractivity contribution in [3.05, 3.63) is 24.3 Å². The molecule has 2 atom stereocenters. The van der Waals surface area contributed by atoms with Crippen molar-refractivity contribution in [2.24, 2.45) is 17.3 Å². The molecule has 10 heavy (non-hydrogen) atoms. The second-order valence-electron chi connectivity index (χ2n) is 4.15. The first-order valence-electron chi connectivity index (χ1n) is 3.99. The van der Waals surface area contributed by atoms with E-state index in [0.29, 0.717) is 5.41 Å². The van der Waals surface area contributed by atoms with Gasteiger partial charge in [-0.1, -0.05) is 38.2 Å². The van der Waals surface area contributed by atoms with Gasteiger partial charge in [0.2, 0.25) is 0 Å². The van der Waals surface area contributed by atoms with Gasteiger partial charge in [0.15, 0.2) is 0 Å². The van der Waals surface area contributed by atoms with Gasteiger partial charge in [0.05, 0.1) is 0 Å². The van der Waals surface area contributed by atoms with E-state index in [9.17, 15) is 0 Å². The van der Waals surface area contributed by atoms with E-state index in [2.05, 4.69) is 32.6 Å². The number of allylic oxidation sites excluding steroid dienone is 3. The van der Waals surface area contributed by atoms with Gasteiger partial charge in [-0.25, -0.2) is 0 Å². The van der Waals surface area contributed by atoms with Gasteiger partial charge < -0.3 is 0 Å². The van der Waals surface area contributed by atoms with Crippen molar-refractivity contribution in [2.45, 2.75) is 20.3 Å². The summed E-state index contributed by atoms with van der Waals surface area (Å²) >= 11 is 0. The van der Waals surface area contributed by atoms with Crippen LogP contribution in [0.3, 0.4) is 0 Å². The van der Waals surface area contributed by atoms with Crippen LogP contribution in [0.1, 0.15) is 20.3 Å². The standard InChI is InChI=1S/C10H14/c1-7-4-5-8-6-9(7)10(8,2)3/h4-5,8-9H,1,6H2,2-3H3/t8-,9-/m1/s1. The minimum absolute atomic E-state index is 0.520. The van der Waals surface area contributed by atoms with Crippen LogP contribution < -0.4 is 0 Å². The molecule has 54 valence electrons. The fourth-order valence-corrected chi connectivity index (χ4v) is 2.27. The lowest BCUT2D eigenvalue weighted by molar-refractivity contribution is 0.0335. The average molecular weight is 134 g/mol. The van der Waals surface area contributed by atoms with Gasteiger partial charge >= 0.3 is 0 Å². The van der Waals surface area contributed by atoms with Crippen LogP contribution in [0.15, 0.2) is 24.3 Å². The van der Waals surface area contributed by atoms with Gasteiger partial charge in [0.1, 0.15) is 0 Å². The summed E-state index contributed by atoms with van der Waals surface area (Å²) in [6.07, 6.45) is 5.87. The normalized spacial score (nSPS) is 41.2. The largest absolute Gasteiger partial charge is 0.0955 e.